The van der Waals surface area contributed by atoms with Crippen LogP contribution in [0.5, 0.6) is 0 Å². The van der Waals surface area contributed by atoms with Crippen molar-refractivity contribution in [2.75, 3.05) is 6.61 Å². The third-order valence-corrected chi connectivity index (χ3v) is 10.8. The third-order valence-electron chi connectivity index (χ3n) is 10.8. The smallest absolute Gasteiger partial charge is 0.159 e. The van der Waals surface area contributed by atoms with Gasteiger partial charge < -0.3 is 35.7 Å². The Kier molecular flexibility index (Phi) is 6.66. The van der Waals surface area contributed by atoms with Crippen LogP contribution in [0.15, 0.2) is 11.6 Å². The van der Waals surface area contributed by atoms with Gasteiger partial charge in [-0.15, -0.1) is 0 Å². The molecule has 0 saturated heterocycles. The maximum atomic E-state index is 13.3. The zero-order valence-corrected chi connectivity index (χ0v) is 21.4. The molecular weight excluding hydrogens is 452 g/mol. The molecule has 0 amide bonds. The molecule has 0 radical (unpaired) electrons. The molecule has 4 rings (SSSR count). The molecule has 8 nitrogen and oxygen atoms in total. The normalized spacial score (nSPS) is 47.6. The van der Waals surface area contributed by atoms with Gasteiger partial charge in [0.1, 0.15) is 0 Å². The van der Waals surface area contributed by atoms with Crippen LogP contribution >= 0.6 is 0 Å². The average Bonchev–Trinajstić information content (AvgIpc) is 3.06. The van der Waals surface area contributed by atoms with Crippen LogP contribution in [0.25, 0.3) is 0 Å². The highest BCUT2D eigenvalue weighted by Crippen LogP contribution is 2.68. The Bertz CT molecular complexity index is 882. The van der Waals surface area contributed by atoms with Gasteiger partial charge in [-0.3, -0.25) is 4.79 Å². The zero-order chi connectivity index (χ0) is 26.2. The van der Waals surface area contributed by atoms with Gasteiger partial charge >= 0.3 is 0 Å². The number of carbonyl (C=O) groups is 1. The van der Waals surface area contributed by atoms with Crippen LogP contribution in [0.4, 0.5) is 0 Å². The number of carbonyl (C=O) groups excluding carboxylic acids is 1. The lowest BCUT2D eigenvalue weighted by molar-refractivity contribution is -0.177. The van der Waals surface area contributed by atoms with Crippen molar-refractivity contribution in [3.63, 3.8) is 0 Å². The molecule has 3 fully saturated rings. The van der Waals surface area contributed by atoms with Crippen LogP contribution in [0.1, 0.15) is 79.1 Å². The molecular formula is C27H44O8. The summed E-state index contributed by atoms with van der Waals surface area (Å²) in [4.78, 5) is 13.3. The van der Waals surface area contributed by atoms with Crippen LogP contribution in [-0.2, 0) is 4.79 Å². The summed E-state index contributed by atoms with van der Waals surface area (Å²) < 4.78 is 0. The molecule has 200 valence electrons. The number of aliphatic hydroxyl groups excluding tert-OH is 4. The van der Waals surface area contributed by atoms with Crippen molar-refractivity contribution in [3.05, 3.63) is 11.6 Å². The molecule has 4 aliphatic carbocycles. The molecule has 3 saturated carbocycles. The van der Waals surface area contributed by atoms with Gasteiger partial charge in [-0.1, -0.05) is 13.8 Å². The summed E-state index contributed by atoms with van der Waals surface area (Å²) in [6.07, 6.45) is 1.37. The lowest BCUT2D eigenvalue weighted by atomic mass is 9.45. The van der Waals surface area contributed by atoms with E-state index in [0.29, 0.717) is 37.7 Å². The molecule has 0 aromatic heterocycles. The highest BCUT2D eigenvalue weighted by Gasteiger charge is 2.69. The van der Waals surface area contributed by atoms with E-state index in [1.165, 1.54) is 6.92 Å². The van der Waals surface area contributed by atoms with Gasteiger partial charge in [0, 0.05) is 11.3 Å². The first kappa shape index (κ1) is 27.2. The molecule has 0 aromatic rings. The molecule has 0 aliphatic heterocycles. The molecule has 35 heavy (non-hydrogen) atoms. The summed E-state index contributed by atoms with van der Waals surface area (Å²) in [5.41, 5.74) is -4.90. The maximum Gasteiger partial charge on any atom is 0.159 e. The quantitative estimate of drug-likeness (QED) is 0.285. The van der Waals surface area contributed by atoms with Gasteiger partial charge in [-0.05, 0) is 94.1 Å². The van der Waals surface area contributed by atoms with Crippen LogP contribution < -0.4 is 0 Å². The Hall–Kier alpha value is -0.870. The molecule has 7 N–H and O–H groups in total. The van der Waals surface area contributed by atoms with Gasteiger partial charge in [0.2, 0.25) is 0 Å². The SMILES string of the molecule is CC(O)(CO)CC[C@@H](O)[C@](C)(O)[C@H]1CC[C@@]2(O)C3=CC(=O)[C@@H]4C[C@@H](O)[C@@H](O)C[C@]4(C)[C@H]3CC[C@]12C. The number of allylic oxidation sites excluding steroid dienone is 1. The summed E-state index contributed by atoms with van der Waals surface area (Å²) in [7, 11) is 0. The third kappa shape index (κ3) is 3.95. The molecule has 1 unspecified atom stereocenters. The van der Waals surface area contributed by atoms with Crippen molar-refractivity contribution in [1.82, 2.24) is 0 Å². The van der Waals surface area contributed by atoms with E-state index >= 15 is 0 Å². The molecule has 8 heteroatoms. The summed E-state index contributed by atoms with van der Waals surface area (Å²) in [5, 5.41) is 74.9. The highest BCUT2D eigenvalue weighted by molar-refractivity contribution is 5.95. The molecule has 0 bridgehead atoms. The van der Waals surface area contributed by atoms with Crippen molar-refractivity contribution >= 4 is 5.78 Å². The molecule has 4 aliphatic rings. The number of hydrogen-bond acceptors (Lipinski definition) is 8. The lowest BCUT2D eigenvalue weighted by Gasteiger charge is -2.60. The van der Waals surface area contributed by atoms with Crippen molar-refractivity contribution in [2.24, 2.45) is 28.6 Å². The highest BCUT2D eigenvalue weighted by atomic mass is 16.3. The fourth-order valence-corrected chi connectivity index (χ4v) is 8.36. The Morgan fingerprint density at radius 2 is 1.74 bits per heavy atom. The van der Waals surface area contributed by atoms with Crippen LogP contribution in [0.3, 0.4) is 0 Å². The molecule has 0 aromatic carbocycles. The molecule has 11 atom stereocenters. The minimum absolute atomic E-state index is 0.0926. The second kappa shape index (κ2) is 8.58. The Morgan fingerprint density at radius 1 is 1.09 bits per heavy atom. The Morgan fingerprint density at radius 3 is 2.37 bits per heavy atom. The van der Waals surface area contributed by atoms with Crippen molar-refractivity contribution < 1.29 is 40.5 Å². The number of rotatable bonds is 6. The van der Waals surface area contributed by atoms with Crippen molar-refractivity contribution in [3.8, 4) is 0 Å². The average molecular weight is 497 g/mol. The summed E-state index contributed by atoms with van der Waals surface area (Å²) >= 11 is 0. The van der Waals surface area contributed by atoms with Gasteiger partial charge in [0.25, 0.3) is 0 Å². The largest absolute Gasteiger partial charge is 0.393 e. The predicted molar refractivity (Wildman–Crippen MR) is 128 cm³/mol. The van der Waals surface area contributed by atoms with E-state index in [2.05, 4.69) is 0 Å². The van der Waals surface area contributed by atoms with E-state index in [-0.39, 0.29) is 31.0 Å². The van der Waals surface area contributed by atoms with E-state index in [0.717, 1.165) is 0 Å². The second-order valence-electron chi connectivity index (χ2n) is 13.0. The predicted octanol–water partition coefficient (Wildman–Crippen LogP) is 0.826. The lowest BCUT2D eigenvalue weighted by Crippen LogP contribution is -2.62. The Labute approximate surface area is 207 Å². The fraction of sp³-hybridized carbons (Fsp3) is 0.889. The van der Waals surface area contributed by atoms with Gasteiger partial charge in [-0.2, -0.15) is 0 Å². The first-order valence-electron chi connectivity index (χ1n) is 13.1. The van der Waals surface area contributed by atoms with Crippen molar-refractivity contribution in [2.45, 2.75) is 114 Å². The zero-order valence-electron chi connectivity index (χ0n) is 21.4. The van der Waals surface area contributed by atoms with Crippen LogP contribution in [0.2, 0.25) is 0 Å². The maximum absolute atomic E-state index is 13.3. The summed E-state index contributed by atoms with van der Waals surface area (Å²) in [5.74, 6) is -1.08. The number of hydrogen-bond donors (Lipinski definition) is 7. The van der Waals surface area contributed by atoms with E-state index in [4.69, 9.17) is 0 Å². The van der Waals surface area contributed by atoms with Gasteiger partial charge in [0.15, 0.2) is 5.78 Å². The Balaban J connectivity index is 1.64. The number of aliphatic hydroxyl groups is 7. The number of ketones is 1. The van der Waals surface area contributed by atoms with E-state index in [1.54, 1.807) is 13.0 Å². The van der Waals surface area contributed by atoms with Crippen LogP contribution in [-0.4, -0.2) is 83.3 Å². The van der Waals surface area contributed by atoms with E-state index in [9.17, 15) is 40.5 Å². The fourth-order valence-electron chi connectivity index (χ4n) is 8.36. The summed E-state index contributed by atoms with van der Waals surface area (Å²) in [6, 6.07) is 0. The summed E-state index contributed by atoms with van der Waals surface area (Å²) in [6.45, 7) is 6.54. The minimum Gasteiger partial charge on any atom is -0.393 e. The first-order valence-corrected chi connectivity index (χ1v) is 13.1. The first-order chi connectivity index (χ1) is 16.0. The molecule has 0 spiro atoms. The van der Waals surface area contributed by atoms with Gasteiger partial charge in [0.05, 0.1) is 41.7 Å². The van der Waals surface area contributed by atoms with Gasteiger partial charge in [-0.25, -0.2) is 0 Å². The van der Waals surface area contributed by atoms with E-state index < -0.39 is 64.4 Å². The van der Waals surface area contributed by atoms with Crippen molar-refractivity contribution in [1.29, 1.82) is 0 Å². The van der Waals surface area contributed by atoms with E-state index in [1.807, 2.05) is 13.8 Å². The topological polar surface area (TPSA) is 159 Å². The number of fused-ring (bicyclic) bond motifs is 5. The van der Waals surface area contributed by atoms with Crippen LogP contribution in [0, 0.1) is 28.6 Å². The monoisotopic (exact) mass is 496 g/mol. The molecule has 0 heterocycles. The minimum atomic E-state index is -1.55. The standard InChI is InChI=1S/C27H44O8/c1-23(33,14-28)8-7-22(32)26(4,34)21-6-10-27(35)16-11-18(29)17-12-19(30)20(31)13-24(17,2)15(16)5-9-25(21,27)3/h11,15,17,19-22,28,30-35H,5-10,12-14H2,1-4H3/t15-,17-,19+,20-,21-,22+,23?,24+,25+,26+,27+/m0/s1. The second-order valence-corrected chi connectivity index (χ2v) is 13.0.